The predicted molar refractivity (Wildman–Crippen MR) is 96.7 cm³/mol. The van der Waals surface area contributed by atoms with Gasteiger partial charge in [-0.3, -0.25) is 0 Å². The van der Waals surface area contributed by atoms with E-state index >= 15 is 0 Å². The molecule has 0 N–H and O–H groups in total. The third-order valence-electron chi connectivity index (χ3n) is 4.90. The average molecular weight is 333 g/mol. The second-order valence-electron chi connectivity index (χ2n) is 6.65. The summed E-state index contributed by atoms with van der Waals surface area (Å²) >= 11 is 0. The Kier molecular flexibility index (Phi) is 4.28. The molecule has 0 bridgehead atoms. The molecule has 1 aromatic heterocycles. The Labute approximate surface area is 147 Å². The Morgan fingerprint density at radius 1 is 1.08 bits per heavy atom. The van der Waals surface area contributed by atoms with Gasteiger partial charge in [-0.1, -0.05) is 24.3 Å². The summed E-state index contributed by atoms with van der Waals surface area (Å²) in [5.74, 6) is 0.101. The van der Waals surface area contributed by atoms with E-state index in [1.165, 1.54) is 16.7 Å². The molecule has 3 aromatic rings. The smallest absolute Gasteiger partial charge is 0.123 e. The molecule has 0 spiro atoms. The van der Waals surface area contributed by atoms with Crippen molar-refractivity contribution in [3.05, 3.63) is 83.3 Å². The molecular formula is C21H20FN3. The first-order valence-corrected chi connectivity index (χ1v) is 8.55. The lowest BCUT2D eigenvalue weighted by Gasteiger charge is -2.18. The standard InChI is InChI=1S/C21H20FN3/c1-25-12-10-20(15-4-7-18(22)8-5-15)19-9-6-16(13-17(19)14-25)21-3-2-11-23-24-21/h2-9,11,13,20H,10,12,14H2,1H3. The minimum atomic E-state index is -0.187. The number of benzene rings is 2. The monoisotopic (exact) mass is 333 g/mol. The van der Waals surface area contributed by atoms with Crippen molar-refractivity contribution in [1.29, 1.82) is 0 Å². The van der Waals surface area contributed by atoms with Crippen molar-refractivity contribution in [2.45, 2.75) is 18.9 Å². The molecule has 3 nitrogen and oxygen atoms in total. The van der Waals surface area contributed by atoms with Crippen molar-refractivity contribution in [2.75, 3.05) is 13.6 Å². The first-order valence-electron chi connectivity index (χ1n) is 8.55. The Balaban J connectivity index is 1.78. The molecule has 1 aliphatic rings. The van der Waals surface area contributed by atoms with E-state index in [0.29, 0.717) is 0 Å². The Bertz CT molecular complexity index is 862. The highest BCUT2D eigenvalue weighted by atomic mass is 19.1. The van der Waals surface area contributed by atoms with Crippen LogP contribution in [0.15, 0.2) is 60.8 Å². The van der Waals surface area contributed by atoms with Gasteiger partial charge in [-0.2, -0.15) is 10.2 Å². The van der Waals surface area contributed by atoms with Crippen LogP contribution in [-0.4, -0.2) is 28.7 Å². The Morgan fingerprint density at radius 3 is 2.68 bits per heavy atom. The van der Waals surface area contributed by atoms with Gasteiger partial charge in [0.05, 0.1) is 5.69 Å². The average Bonchev–Trinajstić information content (AvgIpc) is 2.81. The van der Waals surface area contributed by atoms with Crippen LogP contribution in [0.3, 0.4) is 0 Å². The van der Waals surface area contributed by atoms with Crippen molar-refractivity contribution < 1.29 is 4.39 Å². The fourth-order valence-electron chi connectivity index (χ4n) is 3.61. The number of aromatic nitrogens is 2. The maximum atomic E-state index is 13.3. The van der Waals surface area contributed by atoms with Crippen LogP contribution in [0.25, 0.3) is 11.3 Å². The summed E-state index contributed by atoms with van der Waals surface area (Å²) in [6, 6.07) is 17.3. The summed E-state index contributed by atoms with van der Waals surface area (Å²) in [4.78, 5) is 2.34. The number of nitrogens with zero attached hydrogens (tertiary/aromatic N) is 3. The zero-order chi connectivity index (χ0) is 17.2. The van der Waals surface area contributed by atoms with Crippen LogP contribution in [0.5, 0.6) is 0 Å². The molecule has 126 valence electrons. The second-order valence-corrected chi connectivity index (χ2v) is 6.65. The van der Waals surface area contributed by atoms with Crippen LogP contribution in [0.2, 0.25) is 0 Å². The summed E-state index contributed by atoms with van der Waals surface area (Å²) in [5.41, 5.74) is 5.77. The fraction of sp³-hybridized carbons (Fsp3) is 0.238. The lowest BCUT2D eigenvalue weighted by atomic mass is 9.86. The summed E-state index contributed by atoms with van der Waals surface area (Å²) in [5, 5.41) is 8.20. The zero-order valence-corrected chi connectivity index (χ0v) is 14.2. The lowest BCUT2D eigenvalue weighted by Crippen LogP contribution is -2.17. The molecule has 0 amide bonds. The molecule has 1 atom stereocenters. The van der Waals surface area contributed by atoms with Gasteiger partial charge in [-0.05, 0) is 67.0 Å². The van der Waals surface area contributed by atoms with E-state index in [2.05, 4.69) is 40.3 Å². The molecule has 4 heteroatoms. The highest BCUT2D eigenvalue weighted by Gasteiger charge is 2.23. The highest BCUT2D eigenvalue weighted by molar-refractivity contribution is 5.61. The normalized spacial score (nSPS) is 17.8. The van der Waals surface area contributed by atoms with Crippen molar-refractivity contribution in [1.82, 2.24) is 15.1 Å². The van der Waals surface area contributed by atoms with Gasteiger partial charge in [-0.25, -0.2) is 4.39 Å². The number of hydrogen-bond acceptors (Lipinski definition) is 3. The van der Waals surface area contributed by atoms with Crippen molar-refractivity contribution in [2.24, 2.45) is 0 Å². The number of fused-ring (bicyclic) bond motifs is 1. The second kappa shape index (κ2) is 6.73. The number of halogens is 1. The van der Waals surface area contributed by atoms with E-state index in [-0.39, 0.29) is 11.7 Å². The summed E-state index contributed by atoms with van der Waals surface area (Å²) in [7, 11) is 2.14. The van der Waals surface area contributed by atoms with Crippen molar-refractivity contribution in [3.8, 4) is 11.3 Å². The molecule has 2 aromatic carbocycles. The third-order valence-corrected chi connectivity index (χ3v) is 4.90. The molecule has 0 saturated heterocycles. The van der Waals surface area contributed by atoms with Crippen LogP contribution in [0, 0.1) is 5.82 Å². The first-order chi connectivity index (χ1) is 12.2. The van der Waals surface area contributed by atoms with Crippen molar-refractivity contribution in [3.63, 3.8) is 0 Å². The number of rotatable bonds is 2. The highest BCUT2D eigenvalue weighted by Crippen LogP contribution is 2.35. The fourth-order valence-corrected chi connectivity index (χ4v) is 3.61. The molecule has 0 fully saturated rings. The lowest BCUT2D eigenvalue weighted by molar-refractivity contribution is 0.328. The van der Waals surface area contributed by atoms with E-state index in [1.807, 2.05) is 24.3 Å². The molecule has 0 radical (unpaired) electrons. The van der Waals surface area contributed by atoms with Crippen LogP contribution >= 0.6 is 0 Å². The van der Waals surface area contributed by atoms with E-state index < -0.39 is 0 Å². The van der Waals surface area contributed by atoms with Gasteiger partial charge in [-0.15, -0.1) is 0 Å². The molecular weight excluding hydrogens is 313 g/mol. The maximum Gasteiger partial charge on any atom is 0.123 e. The first kappa shape index (κ1) is 15.9. The SMILES string of the molecule is CN1CCC(c2ccc(F)cc2)c2ccc(-c3cccnn3)cc2C1. The van der Waals surface area contributed by atoms with Gasteiger partial charge in [0.15, 0.2) is 0 Å². The quantitative estimate of drug-likeness (QED) is 0.702. The summed E-state index contributed by atoms with van der Waals surface area (Å²) in [6.45, 7) is 1.92. The minimum Gasteiger partial charge on any atom is -0.302 e. The molecule has 0 aliphatic carbocycles. The van der Waals surface area contributed by atoms with Gasteiger partial charge in [0, 0.05) is 24.2 Å². The topological polar surface area (TPSA) is 29.0 Å². The predicted octanol–water partition coefficient (Wildman–Crippen LogP) is 4.25. The minimum absolute atomic E-state index is 0.187. The maximum absolute atomic E-state index is 13.3. The van der Waals surface area contributed by atoms with E-state index in [1.54, 1.807) is 18.3 Å². The molecule has 1 unspecified atom stereocenters. The molecule has 2 heterocycles. The van der Waals surface area contributed by atoms with Crippen molar-refractivity contribution >= 4 is 0 Å². The van der Waals surface area contributed by atoms with Gasteiger partial charge < -0.3 is 4.90 Å². The summed E-state index contributed by atoms with van der Waals surface area (Å²) in [6.07, 6.45) is 2.71. The number of hydrogen-bond donors (Lipinski definition) is 0. The van der Waals surface area contributed by atoms with Gasteiger partial charge in [0.25, 0.3) is 0 Å². The Morgan fingerprint density at radius 2 is 1.92 bits per heavy atom. The van der Waals surface area contributed by atoms with Gasteiger partial charge in [0.2, 0.25) is 0 Å². The van der Waals surface area contributed by atoms with E-state index in [4.69, 9.17) is 0 Å². The molecule has 25 heavy (non-hydrogen) atoms. The largest absolute Gasteiger partial charge is 0.302 e. The Hall–Kier alpha value is -2.59. The van der Waals surface area contributed by atoms with Crippen LogP contribution in [0.1, 0.15) is 29.0 Å². The summed E-state index contributed by atoms with van der Waals surface area (Å²) < 4.78 is 13.3. The zero-order valence-electron chi connectivity index (χ0n) is 14.2. The van der Waals surface area contributed by atoms with E-state index in [9.17, 15) is 4.39 Å². The molecule has 4 rings (SSSR count). The molecule has 0 saturated carbocycles. The third kappa shape index (κ3) is 3.30. The van der Waals surface area contributed by atoms with Gasteiger partial charge in [0.1, 0.15) is 5.82 Å². The van der Waals surface area contributed by atoms with Gasteiger partial charge >= 0.3 is 0 Å². The van der Waals surface area contributed by atoms with E-state index in [0.717, 1.165) is 30.8 Å². The van der Waals surface area contributed by atoms with Crippen LogP contribution in [0.4, 0.5) is 4.39 Å². The van der Waals surface area contributed by atoms with Crippen LogP contribution < -0.4 is 0 Å². The molecule has 1 aliphatic heterocycles. The van der Waals surface area contributed by atoms with Crippen LogP contribution in [-0.2, 0) is 6.54 Å².